The molecule has 0 heterocycles. The quantitative estimate of drug-likeness (QED) is 0.593. The molecule has 0 bridgehead atoms. The summed E-state index contributed by atoms with van der Waals surface area (Å²) in [6, 6.07) is 0. The summed E-state index contributed by atoms with van der Waals surface area (Å²) in [6.07, 6.45) is 10.2. The first-order valence-electron chi connectivity index (χ1n) is 5.62. The predicted molar refractivity (Wildman–Crippen MR) is 68.2 cm³/mol. The summed E-state index contributed by atoms with van der Waals surface area (Å²) in [5.41, 5.74) is 3.38. The molecule has 17 heavy (non-hydrogen) atoms. The van der Waals surface area contributed by atoms with Gasteiger partial charge in [-0.2, -0.15) is 0 Å². The van der Waals surface area contributed by atoms with Crippen molar-refractivity contribution in [2.24, 2.45) is 5.92 Å². The van der Waals surface area contributed by atoms with Gasteiger partial charge < -0.3 is 15.3 Å². The van der Waals surface area contributed by atoms with Crippen LogP contribution in [0.4, 0.5) is 0 Å². The maximum atomic E-state index is 7.00. The van der Waals surface area contributed by atoms with Gasteiger partial charge >= 0.3 is 0 Å². The van der Waals surface area contributed by atoms with Crippen molar-refractivity contribution in [2.45, 2.75) is 32.6 Å². The van der Waals surface area contributed by atoms with Crippen LogP contribution in [0.15, 0.2) is 23.3 Å². The third kappa shape index (κ3) is 7.90. The number of hydrogen-bond donors (Lipinski definition) is 3. The molecule has 1 unspecified atom stereocenters. The molecule has 4 heteroatoms. The summed E-state index contributed by atoms with van der Waals surface area (Å²) >= 11 is 0. The Morgan fingerprint density at radius 3 is 1.88 bits per heavy atom. The number of hydrogen-bond acceptors (Lipinski definition) is 3. The molecule has 0 amide bonds. The van der Waals surface area contributed by atoms with E-state index in [0.717, 1.165) is 27.2 Å². The molecule has 2 rings (SSSR count). The van der Waals surface area contributed by atoms with Gasteiger partial charge in [-0.1, -0.05) is 24.6 Å². The van der Waals surface area contributed by atoms with E-state index in [1.807, 2.05) is 0 Å². The molecule has 100 valence electrons. The Balaban J connectivity index is -0.000000248. The van der Waals surface area contributed by atoms with Crippen molar-refractivity contribution >= 4 is 0 Å². The molecule has 0 saturated carbocycles. The smallest absolute Gasteiger partial charge is 0.0319 e. The van der Waals surface area contributed by atoms with Crippen molar-refractivity contribution in [3.05, 3.63) is 23.3 Å². The normalized spacial score (nSPS) is 19.4. The summed E-state index contributed by atoms with van der Waals surface area (Å²) in [6.45, 7) is 2.31. The minimum absolute atomic E-state index is 0. The second kappa shape index (κ2) is 16.1. The van der Waals surface area contributed by atoms with Gasteiger partial charge in [0.2, 0.25) is 0 Å². The molecule has 3 N–H and O–H groups in total. The van der Waals surface area contributed by atoms with E-state index in [4.69, 9.17) is 15.3 Å². The van der Waals surface area contributed by atoms with Crippen molar-refractivity contribution < 1.29 is 37.0 Å². The van der Waals surface area contributed by atoms with Gasteiger partial charge in [-0.3, -0.25) is 0 Å². The third-order valence-corrected chi connectivity index (χ3v) is 2.69. The standard InChI is InChI=1S/C10H14.3CH4O.Ti/c1-8-6-7-9-4-2-3-5-10(8)9;3*1-2;/h6-8H,2-5H2,1H3;3*2H,1H3;. The molecule has 0 aromatic heterocycles. The van der Waals surface area contributed by atoms with Gasteiger partial charge in [-0.15, -0.1) is 0 Å². The van der Waals surface area contributed by atoms with E-state index in [1.165, 1.54) is 25.7 Å². The molecule has 0 aliphatic heterocycles. The second-order valence-electron chi connectivity index (χ2n) is 3.41. The molecule has 0 fully saturated rings. The van der Waals surface area contributed by atoms with Crippen molar-refractivity contribution in [3.8, 4) is 0 Å². The van der Waals surface area contributed by atoms with Gasteiger partial charge in [-0.05, 0) is 37.2 Å². The van der Waals surface area contributed by atoms with Crippen LogP contribution in [0.1, 0.15) is 32.6 Å². The van der Waals surface area contributed by atoms with Crippen LogP contribution in [-0.2, 0) is 21.7 Å². The van der Waals surface area contributed by atoms with Gasteiger partial charge in [0, 0.05) is 43.0 Å². The summed E-state index contributed by atoms with van der Waals surface area (Å²) in [7, 11) is 3.00. The maximum Gasteiger partial charge on any atom is 0.0319 e. The van der Waals surface area contributed by atoms with E-state index >= 15 is 0 Å². The van der Waals surface area contributed by atoms with Crippen molar-refractivity contribution in [1.29, 1.82) is 0 Å². The topological polar surface area (TPSA) is 60.7 Å². The fraction of sp³-hybridized carbons (Fsp3) is 0.692. The van der Waals surface area contributed by atoms with E-state index in [0.29, 0.717) is 0 Å². The average molecular weight is 278 g/mol. The van der Waals surface area contributed by atoms with E-state index in [-0.39, 0.29) is 21.7 Å². The zero-order valence-electron chi connectivity index (χ0n) is 11.4. The molecular formula is C13H26O3Ti. The van der Waals surface area contributed by atoms with Crippen LogP contribution < -0.4 is 0 Å². The molecule has 0 aromatic rings. The van der Waals surface area contributed by atoms with Crippen LogP contribution in [0, 0.1) is 5.92 Å². The summed E-state index contributed by atoms with van der Waals surface area (Å²) < 4.78 is 0. The zero-order chi connectivity index (χ0) is 13.0. The number of aliphatic hydroxyl groups excluding tert-OH is 3. The first kappa shape index (κ1) is 22.3. The number of aliphatic hydroxyl groups is 3. The van der Waals surface area contributed by atoms with Gasteiger partial charge in [0.25, 0.3) is 0 Å². The average Bonchev–Trinajstić information content (AvgIpc) is 2.79. The SMILES string of the molecule is CC1C=CC2=C1CCCC2.CO.CO.CO.[Ti]. The Morgan fingerprint density at radius 2 is 1.41 bits per heavy atom. The van der Waals surface area contributed by atoms with Gasteiger partial charge in [0.15, 0.2) is 0 Å². The monoisotopic (exact) mass is 278 g/mol. The minimum Gasteiger partial charge on any atom is -0.400 e. The Morgan fingerprint density at radius 1 is 0.941 bits per heavy atom. The van der Waals surface area contributed by atoms with E-state index in [2.05, 4.69) is 19.1 Å². The Hall–Kier alpha value is 0.0743. The number of rotatable bonds is 0. The van der Waals surface area contributed by atoms with Crippen LogP contribution in [0.5, 0.6) is 0 Å². The van der Waals surface area contributed by atoms with Gasteiger partial charge in [0.1, 0.15) is 0 Å². The summed E-state index contributed by atoms with van der Waals surface area (Å²) in [5, 5.41) is 21.0. The fourth-order valence-corrected chi connectivity index (χ4v) is 2.04. The molecule has 0 saturated heterocycles. The summed E-state index contributed by atoms with van der Waals surface area (Å²) in [4.78, 5) is 0. The van der Waals surface area contributed by atoms with E-state index in [9.17, 15) is 0 Å². The molecule has 1 atom stereocenters. The molecule has 0 radical (unpaired) electrons. The van der Waals surface area contributed by atoms with E-state index < -0.39 is 0 Å². The van der Waals surface area contributed by atoms with Crippen LogP contribution in [-0.4, -0.2) is 36.6 Å². The molecule has 2 aliphatic carbocycles. The van der Waals surface area contributed by atoms with Crippen molar-refractivity contribution in [1.82, 2.24) is 0 Å². The van der Waals surface area contributed by atoms with Crippen LogP contribution in [0.3, 0.4) is 0 Å². The molecule has 0 aromatic carbocycles. The predicted octanol–water partition coefficient (Wildman–Crippen LogP) is 1.89. The summed E-state index contributed by atoms with van der Waals surface area (Å²) in [5.74, 6) is 0.760. The second-order valence-corrected chi connectivity index (χ2v) is 3.41. The minimum atomic E-state index is 0. The Bertz CT molecular complexity index is 213. The maximum absolute atomic E-state index is 7.00. The first-order chi connectivity index (χ1) is 7.88. The van der Waals surface area contributed by atoms with Crippen molar-refractivity contribution in [3.63, 3.8) is 0 Å². The molecular weight excluding hydrogens is 252 g/mol. The Labute approximate surface area is 120 Å². The van der Waals surface area contributed by atoms with Crippen LogP contribution in [0.25, 0.3) is 0 Å². The van der Waals surface area contributed by atoms with Crippen LogP contribution >= 0.6 is 0 Å². The zero-order valence-corrected chi connectivity index (χ0v) is 13.0. The van der Waals surface area contributed by atoms with Crippen molar-refractivity contribution in [2.75, 3.05) is 21.3 Å². The largest absolute Gasteiger partial charge is 0.400 e. The molecule has 0 spiro atoms. The molecule has 3 nitrogen and oxygen atoms in total. The Kier molecular flexibility index (Phi) is 21.1. The molecule has 2 aliphatic rings. The first-order valence-corrected chi connectivity index (χ1v) is 5.62. The van der Waals surface area contributed by atoms with Gasteiger partial charge in [-0.25, -0.2) is 0 Å². The van der Waals surface area contributed by atoms with Crippen LogP contribution in [0.2, 0.25) is 0 Å². The fourth-order valence-electron chi connectivity index (χ4n) is 2.04. The third-order valence-electron chi connectivity index (χ3n) is 2.69. The van der Waals surface area contributed by atoms with E-state index in [1.54, 1.807) is 11.1 Å². The number of allylic oxidation sites excluding steroid dienone is 4. The van der Waals surface area contributed by atoms with Gasteiger partial charge in [0.05, 0.1) is 0 Å².